The Balaban J connectivity index is 1.97. The third-order valence-electron chi connectivity index (χ3n) is 4.80. The molecule has 0 saturated heterocycles. The van der Waals surface area contributed by atoms with E-state index < -0.39 is 60.7 Å². The van der Waals surface area contributed by atoms with Crippen LogP contribution in [0, 0.1) is 0 Å². The lowest BCUT2D eigenvalue weighted by molar-refractivity contribution is -0.141. The van der Waals surface area contributed by atoms with Crippen LogP contribution in [0.5, 0.6) is 5.75 Å². The zero-order chi connectivity index (χ0) is 26.0. The van der Waals surface area contributed by atoms with Gasteiger partial charge in [-0.25, -0.2) is 9.78 Å². The number of aromatic amines is 1. The van der Waals surface area contributed by atoms with Crippen molar-refractivity contribution in [1.82, 2.24) is 25.9 Å². The van der Waals surface area contributed by atoms with Crippen molar-refractivity contribution < 1.29 is 34.2 Å². The zero-order valence-corrected chi connectivity index (χ0v) is 18.6. The first-order valence-electron chi connectivity index (χ1n) is 10.4. The number of nitrogens with zero attached hydrogens (tertiary/aromatic N) is 1. The van der Waals surface area contributed by atoms with Crippen LogP contribution in [0.1, 0.15) is 17.7 Å². The fraction of sp³-hybridized carbons (Fsp3) is 0.333. The minimum absolute atomic E-state index is 0.0136. The van der Waals surface area contributed by atoms with E-state index in [9.17, 15) is 34.2 Å². The van der Waals surface area contributed by atoms with E-state index in [4.69, 9.17) is 11.5 Å². The Morgan fingerprint density at radius 1 is 1.00 bits per heavy atom. The van der Waals surface area contributed by atoms with Gasteiger partial charge in [0, 0.05) is 24.7 Å². The molecule has 2 aromatic rings. The van der Waals surface area contributed by atoms with Crippen LogP contribution in [0.4, 0.5) is 0 Å². The Bertz CT molecular complexity index is 1040. The summed E-state index contributed by atoms with van der Waals surface area (Å²) in [6.45, 7) is -0.569. The third-order valence-corrected chi connectivity index (χ3v) is 4.80. The van der Waals surface area contributed by atoms with E-state index in [0.717, 1.165) is 0 Å². The molecule has 0 aliphatic carbocycles. The number of benzene rings is 1. The molecule has 4 amide bonds. The van der Waals surface area contributed by atoms with Crippen molar-refractivity contribution >= 4 is 29.6 Å². The van der Waals surface area contributed by atoms with E-state index in [0.29, 0.717) is 11.3 Å². The maximum absolute atomic E-state index is 12.7. The highest BCUT2D eigenvalue weighted by Gasteiger charge is 2.26. The molecule has 0 fully saturated rings. The van der Waals surface area contributed by atoms with Gasteiger partial charge in [-0.3, -0.25) is 19.2 Å². The van der Waals surface area contributed by atoms with Crippen LogP contribution in [0.15, 0.2) is 36.8 Å². The first kappa shape index (κ1) is 26.8. The van der Waals surface area contributed by atoms with Crippen molar-refractivity contribution in [2.75, 3.05) is 6.54 Å². The van der Waals surface area contributed by atoms with E-state index in [1.165, 1.54) is 36.8 Å². The van der Waals surface area contributed by atoms with Gasteiger partial charge in [0.15, 0.2) is 0 Å². The number of amides is 4. The summed E-state index contributed by atoms with van der Waals surface area (Å²) < 4.78 is 0. The van der Waals surface area contributed by atoms with Gasteiger partial charge in [0.05, 0.1) is 25.3 Å². The lowest BCUT2D eigenvalue weighted by Crippen LogP contribution is -2.54. The fourth-order valence-corrected chi connectivity index (χ4v) is 3.02. The number of nitrogens with one attached hydrogen (secondary N) is 4. The molecule has 3 unspecified atom stereocenters. The zero-order valence-electron chi connectivity index (χ0n) is 18.6. The summed E-state index contributed by atoms with van der Waals surface area (Å²) in [6.07, 6.45) is 2.30. The standard InChI is InChI=1S/C21H27N7O7/c22-14(7-17(23)30)19(32)28-15(6-12-8-24-10-26-12)20(33)25-9-18(31)27-16(21(34)35)5-11-1-3-13(29)4-2-11/h1-4,8,10,14-16,29H,5-7,9,22H2,(H2,23,30)(H,24,26)(H,25,33)(H,27,31)(H,28,32)(H,34,35). The summed E-state index contributed by atoms with van der Waals surface area (Å²) in [6, 6.07) is 2.08. The average Bonchev–Trinajstić information content (AvgIpc) is 3.30. The van der Waals surface area contributed by atoms with Crippen molar-refractivity contribution in [3.63, 3.8) is 0 Å². The van der Waals surface area contributed by atoms with Crippen LogP contribution in [0.25, 0.3) is 0 Å². The summed E-state index contributed by atoms with van der Waals surface area (Å²) in [5.74, 6) is -4.39. The van der Waals surface area contributed by atoms with E-state index in [-0.39, 0.29) is 18.6 Å². The van der Waals surface area contributed by atoms with Crippen LogP contribution in [-0.4, -0.2) is 74.4 Å². The molecule has 14 heteroatoms. The lowest BCUT2D eigenvalue weighted by Gasteiger charge is -2.20. The second-order valence-corrected chi connectivity index (χ2v) is 7.67. The van der Waals surface area contributed by atoms with Crippen molar-refractivity contribution in [2.45, 2.75) is 37.4 Å². The number of H-pyrrole nitrogens is 1. The molecule has 0 radical (unpaired) electrons. The van der Waals surface area contributed by atoms with Crippen LogP contribution < -0.4 is 27.4 Å². The third kappa shape index (κ3) is 9.13. The number of hydrogen-bond acceptors (Lipinski definition) is 8. The Labute approximate surface area is 199 Å². The highest BCUT2D eigenvalue weighted by Crippen LogP contribution is 2.11. The van der Waals surface area contributed by atoms with E-state index >= 15 is 0 Å². The molecule has 0 aliphatic rings. The minimum atomic E-state index is -1.29. The van der Waals surface area contributed by atoms with E-state index in [1.807, 2.05) is 0 Å². The molecule has 0 spiro atoms. The van der Waals surface area contributed by atoms with Gasteiger partial charge in [-0.1, -0.05) is 12.1 Å². The monoisotopic (exact) mass is 489 g/mol. The molecule has 0 saturated carbocycles. The topological polar surface area (TPSA) is 243 Å². The molecule has 1 aromatic heterocycles. The number of phenols is 1. The number of phenolic OH excluding ortho intramolecular Hbond substituents is 1. The van der Waals surface area contributed by atoms with Gasteiger partial charge < -0.3 is 42.6 Å². The number of aromatic nitrogens is 2. The molecule has 188 valence electrons. The maximum atomic E-state index is 12.7. The predicted molar refractivity (Wildman–Crippen MR) is 120 cm³/mol. The Kier molecular flexibility index (Phi) is 9.71. The maximum Gasteiger partial charge on any atom is 0.326 e. The number of hydrogen-bond donors (Lipinski definition) is 8. The first-order chi connectivity index (χ1) is 16.5. The second-order valence-electron chi connectivity index (χ2n) is 7.67. The van der Waals surface area contributed by atoms with Crippen molar-refractivity contribution in [2.24, 2.45) is 11.5 Å². The van der Waals surface area contributed by atoms with Gasteiger partial charge in [0.2, 0.25) is 23.6 Å². The van der Waals surface area contributed by atoms with Gasteiger partial charge in [0.1, 0.15) is 17.8 Å². The number of aliphatic carboxylic acids is 1. The molecular weight excluding hydrogens is 462 g/mol. The Morgan fingerprint density at radius 2 is 1.69 bits per heavy atom. The number of carboxylic acid groups (broad SMARTS) is 1. The molecule has 10 N–H and O–H groups in total. The van der Waals surface area contributed by atoms with Crippen LogP contribution in [-0.2, 0) is 36.8 Å². The largest absolute Gasteiger partial charge is 0.508 e. The minimum Gasteiger partial charge on any atom is -0.508 e. The summed E-state index contributed by atoms with van der Waals surface area (Å²) in [4.78, 5) is 66.4. The van der Waals surface area contributed by atoms with Crippen LogP contribution in [0.3, 0.4) is 0 Å². The Hall–Kier alpha value is -4.46. The highest BCUT2D eigenvalue weighted by molar-refractivity contribution is 5.94. The fourth-order valence-electron chi connectivity index (χ4n) is 3.02. The number of rotatable bonds is 13. The molecule has 35 heavy (non-hydrogen) atoms. The SMILES string of the molecule is NC(=O)CC(N)C(=O)NC(Cc1cnc[nH]1)C(=O)NCC(=O)NC(Cc1ccc(O)cc1)C(=O)O. The van der Waals surface area contributed by atoms with Crippen molar-refractivity contribution in [3.8, 4) is 5.75 Å². The number of nitrogens with two attached hydrogens (primary N) is 2. The normalized spacial score (nSPS) is 13.2. The summed E-state index contributed by atoms with van der Waals surface area (Å²) in [5, 5.41) is 25.8. The first-order valence-corrected chi connectivity index (χ1v) is 10.4. The molecule has 1 heterocycles. The summed E-state index contributed by atoms with van der Waals surface area (Å²) >= 11 is 0. The van der Waals surface area contributed by atoms with Gasteiger partial charge >= 0.3 is 5.97 Å². The highest BCUT2D eigenvalue weighted by atomic mass is 16.4. The van der Waals surface area contributed by atoms with Crippen molar-refractivity contribution in [1.29, 1.82) is 0 Å². The number of aromatic hydroxyl groups is 1. The molecule has 1 aromatic carbocycles. The number of carbonyl (C=O) groups is 5. The average molecular weight is 489 g/mol. The van der Waals surface area contributed by atoms with E-state index in [1.54, 1.807) is 0 Å². The molecule has 2 rings (SSSR count). The van der Waals surface area contributed by atoms with Crippen LogP contribution >= 0.6 is 0 Å². The summed E-state index contributed by atoms with van der Waals surface area (Å²) in [5.41, 5.74) is 11.7. The quantitative estimate of drug-likeness (QED) is 0.145. The number of carboxylic acids is 1. The van der Waals surface area contributed by atoms with Crippen LogP contribution in [0.2, 0.25) is 0 Å². The van der Waals surface area contributed by atoms with Gasteiger partial charge in [-0.2, -0.15) is 0 Å². The second kappa shape index (κ2) is 12.7. The van der Waals surface area contributed by atoms with Gasteiger partial charge in [0.25, 0.3) is 0 Å². The smallest absolute Gasteiger partial charge is 0.326 e. The number of primary amides is 1. The Morgan fingerprint density at radius 3 is 2.26 bits per heavy atom. The summed E-state index contributed by atoms with van der Waals surface area (Å²) in [7, 11) is 0. The number of carbonyl (C=O) groups excluding carboxylic acids is 4. The molecule has 14 nitrogen and oxygen atoms in total. The molecule has 0 bridgehead atoms. The van der Waals surface area contributed by atoms with E-state index in [2.05, 4.69) is 25.9 Å². The van der Waals surface area contributed by atoms with Gasteiger partial charge in [-0.15, -0.1) is 0 Å². The molecule has 0 aliphatic heterocycles. The molecular formula is C21H27N7O7. The van der Waals surface area contributed by atoms with Gasteiger partial charge in [-0.05, 0) is 17.7 Å². The van der Waals surface area contributed by atoms with Crippen molar-refractivity contribution in [3.05, 3.63) is 48.0 Å². The molecule has 3 atom stereocenters. The number of imidazole rings is 1. The lowest BCUT2D eigenvalue weighted by atomic mass is 10.1. The predicted octanol–water partition coefficient (Wildman–Crippen LogP) is -2.73.